The molecule has 0 atom stereocenters. The number of hydrogen-bond donors (Lipinski definition) is 3. The smallest absolute Gasteiger partial charge is 0.143 e. The van der Waals surface area contributed by atoms with Crippen LogP contribution in [-0.4, -0.2) is 12.4 Å². The Bertz CT molecular complexity index is 314. The zero-order chi connectivity index (χ0) is 8.97. The molecule has 0 aromatic carbocycles. The second kappa shape index (κ2) is 3.60. The molecule has 0 spiro atoms. The van der Waals surface area contributed by atoms with Gasteiger partial charge in [-0.1, -0.05) is 18.4 Å². The minimum absolute atomic E-state index is 0.311. The van der Waals surface area contributed by atoms with Crippen LogP contribution >= 0.6 is 0 Å². The summed E-state index contributed by atoms with van der Waals surface area (Å²) in [6.45, 7) is 3.89. The number of amidine groups is 1. The SMILES string of the molecule is C=C1N=C(N)C(C#CCN)=CN1. The van der Waals surface area contributed by atoms with E-state index < -0.39 is 0 Å². The van der Waals surface area contributed by atoms with Gasteiger partial charge in [0.25, 0.3) is 0 Å². The summed E-state index contributed by atoms with van der Waals surface area (Å²) >= 11 is 0. The van der Waals surface area contributed by atoms with E-state index in [-0.39, 0.29) is 0 Å². The van der Waals surface area contributed by atoms with Gasteiger partial charge in [-0.25, -0.2) is 4.99 Å². The highest BCUT2D eigenvalue weighted by atomic mass is 15.1. The van der Waals surface area contributed by atoms with E-state index in [9.17, 15) is 0 Å². The molecule has 5 N–H and O–H groups in total. The molecule has 4 heteroatoms. The van der Waals surface area contributed by atoms with Crippen molar-refractivity contribution in [1.82, 2.24) is 5.32 Å². The van der Waals surface area contributed by atoms with Crippen molar-refractivity contribution in [2.45, 2.75) is 0 Å². The van der Waals surface area contributed by atoms with Crippen molar-refractivity contribution in [3.05, 3.63) is 24.2 Å². The number of rotatable bonds is 0. The summed E-state index contributed by atoms with van der Waals surface area (Å²) < 4.78 is 0. The van der Waals surface area contributed by atoms with Crippen LogP contribution < -0.4 is 16.8 Å². The molecule has 62 valence electrons. The molecule has 4 nitrogen and oxygen atoms in total. The second-order valence-corrected chi connectivity index (χ2v) is 2.15. The highest BCUT2D eigenvalue weighted by Crippen LogP contribution is 2.01. The van der Waals surface area contributed by atoms with Crippen LogP contribution in [0, 0.1) is 11.8 Å². The van der Waals surface area contributed by atoms with Crippen LogP contribution in [0.1, 0.15) is 0 Å². The molecule has 1 rings (SSSR count). The molecule has 0 saturated carbocycles. The maximum absolute atomic E-state index is 5.55. The lowest BCUT2D eigenvalue weighted by Crippen LogP contribution is -2.22. The minimum atomic E-state index is 0.311. The molecule has 0 aromatic rings. The van der Waals surface area contributed by atoms with Crippen molar-refractivity contribution in [3.8, 4) is 11.8 Å². The Kier molecular flexibility index (Phi) is 2.51. The molecule has 12 heavy (non-hydrogen) atoms. The van der Waals surface area contributed by atoms with E-state index in [1.165, 1.54) is 0 Å². The molecular formula is C8H10N4. The van der Waals surface area contributed by atoms with Gasteiger partial charge in [-0.15, -0.1) is 0 Å². The fraction of sp³-hybridized carbons (Fsp3) is 0.125. The van der Waals surface area contributed by atoms with Crippen molar-refractivity contribution in [2.75, 3.05) is 6.54 Å². The van der Waals surface area contributed by atoms with Gasteiger partial charge in [0, 0.05) is 6.20 Å². The van der Waals surface area contributed by atoms with Gasteiger partial charge in [-0.3, -0.25) is 0 Å². The molecule has 0 radical (unpaired) electrons. The standard InChI is InChI=1S/C8H10N4/c1-6-11-5-7(3-2-4-9)8(10)12-6/h5,11H,1,4,9H2,(H2,10,12). The molecule has 1 aliphatic rings. The highest BCUT2D eigenvalue weighted by Gasteiger charge is 2.04. The van der Waals surface area contributed by atoms with Crippen LogP contribution in [0.5, 0.6) is 0 Å². The van der Waals surface area contributed by atoms with Gasteiger partial charge in [0.1, 0.15) is 11.7 Å². The molecule has 0 saturated heterocycles. The molecule has 0 aromatic heterocycles. The van der Waals surface area contributed by atoms with E-state index in [0.717, 1.165) is 0 Å². The Morgan fingerprint density at radius 3 is 3.00 bits per heavy atom. The van der Waals surface area contributed by atoms with Crippen LogP contribution in [0.15, 0.2) is 29.2 Å². The average molecular weight is 162 g/mol. The molecule has 0 unspecified atom stereocenters. The van der Waals surface area contributed by atoms with Crippen LogP contribution in [-0.2, 0) is 0 Å². The molecule has 0 bridgehead atoms. The van der Waals surface area contributed by atoms with Crippen LogP contribution in [0.4, 0.5) is 0 Å². The van der Waals surface area contributed by atoms with E-state index in [0.29, 0.717) is 23.8 Å². The quantitative estimate of drug-likeness (QED) is 0.411. The van der Waals surface area contributed by atoms with Gasteiger partial charge < -0.3 is 16.8 Å². The summed E-state index contributed by atoms with van der Waals surface area (Å²) in [5.74, 6) is 6.35. The third kappa shape index (κ3) is 1.87. The first-order valence-electron chi connectivity index (χ1n) is 3.43. The number of nitrogens with two attached hydrogens (primary N) is 2. The minimum Gasteiger partial charge on any atom is -0.383 e. The summed E-state index contributed by atoms with van der Waals surface area (Å²) in [4.78, 5) is 3.89. The first-order valence-corrected chi connectivity index (χ1v) is 3.43. The molecule has 0 amide bonds. The Labute approximate surface area is 71.0 Å². The topological polar surface area (TPSA) is 76.4 Å². The predicted molar refractivity (Wildman–Crippen MR) is 48.8 cm³/mol. The van der Waals surface area contributed by atoms with Crippen LogP contribution in [0.25, 0.3) is 0 Å². The summed E-state index contributed by atoms with van der Waals surface area (Å²) in [6, 6.07) is 0. The molecule has 1 aliphatic heterocycles. The Morgan fingerprint density at radius 2 is 2.42 bits per heavy atom. The highest BCUT2D eigenvalue weighted by molar-refractivity contribution is 6.02. The molecule has 1 heterocycles. The zero-order valence-electron chi connectivity index (χ0n) is 6.59. The first kappa shape index (κ1) is 8.37. The van der Waals surface area contributed by atoms with E-state index in [1.807, 2.05) is 0 Å². The fourth-order valence-corrected chi connectivity index (χ4v) is 0.714. The van der Waals surface area contributed by atoms with Crippen LogP contribution in [0.3, 0.4) is 0 Å². The second-order valence-electron chi connectivity index (χ2n) is 2.15. The van der Waals surface area contributed by atoms with Gasteiger partial charge in [0.2, 0.25) is 0 Å². The van der Waals surface area contributed by atoms with E-state index >= 15 is 0 Å². The number of aliphatic imine (C=N–C) groups is 1. The predicted octanol–water partition coefficient (Wildman–Crippen LogP) is -0.736. The Morgan fingerprint density at radius 1 is 1.67 bits per heavy atom. The number of nitrogens with one attached hydrogen (secondary N) is 1. The van der Waals surface area contributed by atoms with Crippen molar-refractivity contribution in [2.24, 2.45) is 16.5 Å². The van der Waals surface area contributed by atoms with E-state index in [1.54, 1.807) is 6.20 Å². The van der Waals surface area contributed by atoms with Crippen molar-refractivity contribution in [1.29, 1.82) is 0 Å². The summed E-state index contributed by atoms with van der Waals surface area (Å²) in [7, 11) is 0. The largest absolute Gasteiger partial charge is 0.383 e. The third-order valence-electron chi connectivity index (χ3n) is 1.24. The Balaban J connectivity index is 2.81. The fourth-order valence-electron chi connectivity index (χ4n) is 0.714. The van der Waals surface area contributed by atoms with E-state index in [2.05, 4.69) is 28.7 Å². The lowest BCUT2D eigenvalue weighted by molar-refractivity contribution is 1.01. The average Bonchev–Trinajstić information content (AvgIpc) is 2.03. The number of nitrogens with zero attached hydrogens (tertiary/aromatic N) is 1. The van der Waals surface area contributed by atoms with Gasteiger partial charge in [0.05, 0.1) is 12.1 Å². The first-order chi connectivity index (χ1) is 5.74. The summed E-state index contributed by atoms with van der Waals surface area (Å²) in [5.41, 5.74) is 11.4. The summed E-state index contributed by atoms with van der Waals surface area (Å²) in [6.07, 6.45) is 1.66. The zero-order valence-corrected chi connectivity index (χ0v) is 6.59. The maximum atomic E-state index is 5.55. The van der Waals surface area contributed by atoms with Crippen LogP contribution in [0.2, 0.25) is 0 Å². The van der Waals surface area contributed by atoms with Crippen molar-refractivity contribution < 1.29 is 0 Å². The number of hydrogen-bond acceptors (Lipinski definition) is 4. The Hall–Kier alpha value is -1.73. The monoisotopic (exact) mass is 162 g/mol. The lowest BCUT2D eigenvalue weighted by Gasteiger charge is -2.08. The van der Waals surface area contributed by atoms with Gasteiger partial charge in [0.15, 0.2) is 0 Å². The molecule has 0 aliphatic carbocycles. The molecule has 0 fully saturated rings. The third-order valence-corrected chi connectivity index (χ3v) is 1.24. The van der Waals surface area contributed by atoms with Crippen molar-refractivity contribution >= 4 is 5.84 Å². The van der Waals surface area contributed by atoms with Crippen molar-refractivity contribution in [3.63, 3.8) is 0 Å². The van der Waals surface area contributed by atoms with Gasteiger partial charge in [-0.05, 0) is 0 Å². The molecular weight excluding hydrogens is 152 g/mol. The normalized spacial score (nSPS) is 15.2. The van der Waals surface area contributed by atoms with E-state index in [4.69, 9.17) is 11.5 Å². The van der Waals surface area contributed by atoms with Gasteiger partial charge >= 0.3 is 0 Å². The maximum Gasteiger partial charge on any atom is 0.143 e. The summed E-state index contributed by atoms with van der Waals surface area (Å²) in [5, 5.41) is 2.80. The van der Waals surface area contributed by atoms with Gasteiger partial charge in [-0.2, -0.15) is 0 Å². The lowest BCUT2D eigenvalue weighted by atomic mass is 10.2.